The quantitative estimate of drug-likeness (QED) is 0.581. The molecule has 110 valence electrons. The molecule has 1 fully saturated rings. The molecule has 0 bridgehead atoms. The predicted molar refractivity (Wildman–Crippen MR) is 80.6 cm³/mol. The first-order chi connectivity index (χ1) is 8.58. The molecule has 0 radical (unpaired) electrons. The number of hydrogen-bond acceptors (Lipinski definition) is 3. The zero-order valence-electron chi connectivity index (χ0n) is 11.8. The van der Waals surface area contributed by atoms with E-state index in [1.54, 1.807) is 20.8 Å². The summed E-state index contributed by atoms with van der Waals surface area (Å²) in [6.07, 6.45) is 1.45. The smallest absolute Gasteiger partial charge is 0.407 e. The SMILES string of the molecule is CC[C@@H]1C[C@H](NC(=O)OC(C)(C)C)C[C@@]1(I)C(=O)O. The molecule has 0 aliphatic heterocycles. The first-order valence-electron chi connectivity index (χ1n) is 6.50. The highest BCUT2D eigenvalue weighted by Gasteiger charge is 2.50. The number of aliphatic carboxylic acids is 1. The first kappa shape index (κ1) is 16.5. The number of alkyl carbamates (subject to hydrolysis) is 1. The molecule has 0 spiro atoms. The van der Waals surface area contributed by atoms with Crippen molar-refractivity contribution in [1.29, 1.82) is 0 Å². The fourth-order valence-electron chi connectivity index (χ4n) is 2.48. The van der Waals surface area contributed by atoms with Gasteiger partial charge in [-0.3, -0.25) is 4.79 Å². The highest BCUT2D eigenvalue weighted by Crippen LogP contribution is 2.45. The van der Waals surface area contributed by atoms with Gasteiger partial charge in [-0.25, -0.2) is 4.79 Å². The Morgan fingerprint density at radius 2 is 2.05 bits per heavy atom. The lowest BCUT2D eigenvalue weighted by atomic mass is 9.94. The number of alkyl halides is 1. The summed E-state index contributed by atoms with van der Waals surface area (Å²) >= 11 is 2.02. The van der Waals surface area contributed by atoms with E-state index in [1.807, 2.05) is 29.5 Å². The third kappa shape index (κ3) is 4.22. The number of amides is 1. The van der Waals surface area contributed by atoms with E-state index < -0.39 is 21.1 Å². The predicted octanol–water partition coefficient (Wildman–Crippen LogP) is 2.96. The standard InChI is InChI=1S/C13H22INO4/c1-5-8-6-9(7-13(8,14)10(16)17)15-11(18)19-12(2,3)4/h8-9H,5-7H2,1-4H3,(H,15,18)(H,16,17)/t8-,9+,13+/m1/s1. The molecule has 0 aromatic heterocycles. The Labute approximate surface area is 127 Å². The van der Waals surface area contributed by atoms with Crippen LogP contribution in [0.4, 0.5) is 4.79 Å². The molecule has 1 saturated carbocycles. The lowest BCUT2D eigenvalue weighted by Crippen LogP contribution is -2.40. The van der Waals surface area contributed by atoms with Crippen molar-refractivity contribution >= 4 is 34.7 Å². The normalized spacial score (nSPS) is 31.0. The number of nitrogens with one attached hydrogen (secondary N) is 1. The molecule has 0 saturated heterocycles. The average molecular weight is 383 g/mol. The van der Waals surface area contributed by atoms with Gasteiger partial charge in [0.2, 0.25) is 0 Å². The first-order valence-corrected chi connectivity index (χ1v) is 7.58. The Hall–Kier alpha value is -0.530. The molecular formula is C13H22INO4. The average Bonchev–Trinajstić information content (AvgIpc) is 2.53. The minimum absolute atomic E-state index is 0.0746. The van der Waals surface area contributed by atoms with E-state index in [-0.39, 0.29) is 12.0 Å². The monoisotopic (exact) mass is 383 g/mol. The van der Waals surface area contributed by atoms with Crippen LogP contribution in [-0.4, -0.2) is 32.2 Å². The van der Waals surface area contributed by atoms with Crippen LogP contribution in [0.3, 0.4) is 0 Å². The van der Waals surface area contributed by atoms with Crippen LogP contribution in [-0.2, 0) is 9.53 Å². The van der Waals surface area contributed by atoms with Gasteiger partial charge >= 0.3 is 12.1 Å². The van der Waals surface area contributed by atoms with E-state index in [9.17, 15) is 14.7 Å². The maximum absolute atomic E-state index is 11.7. The summed E-state index contributed by atoms with van der Waals surface area (Å²) in [6.45, 7) is 7.39. The summed E-state index contributed by atoms with van der Waals surface area (Å²) in [6, 6.07) is -0.132. The van der Waals surface area contributed by atoms with Crippen LogP contribution in [0.5, 0.6) is 0 Å². The highest BCUT2D eigenvalue weighted by molar-refractivity contribution is 14.1. The maximum Gasteiger partial charge on any atom is 0.407 e. The van der Waals surface area contributed by atoms with E-state index in [0.29, 0.717) is 12.8 Å². The summed E-state index contributed by atoms with van der Waals surface area (Å²) < 4.78 is 4.41. The van der Waals surface area contributed by atoms with E-state index in [2.05, 4.69) is 5.32 Å². The van der Waals surface area contributed by atoms with Gasteiger partial charge in [-0.05, 0) is 39.5 Å². The number of carbonyl (C=O) groups is 2. The van der Waals surface area contributed by atoms with Crippen molar-refractivity contribution in [3.63, 3.8) is 0 Å². The molecule has 2 N–H and O–H groups in total. The minimum Gasteiger partial charge on any atom is -0.480 e. The molecule has 1 aliphatic carbocycles. The van der Waals surface area contributed by atoms with Crippen molar-refractivity contribution in [2.75, 3.05) is 0 Å². The summed E-state index contributed by atoms with van der Waals surface area (Å²) in [5, 5.41) is 12.1. The second kappa shape index (κ2) is 5.85. The zero-order chi connectivity index (χ0) is 14.8. The van der Waals surface area contributed by atoms with Crippen LogP contribution in [0.2, 0.25) is 0 Å². The molecule has 5 nitrogen and oxygen atoms in total. The molecule has 6 heteroatoms. The van der Waals surface area contributed by atoms with Crippen molar-refractivity contribution in [1.82, 2.24) is 5.32 Å². The van der Waals surface area contributed by atoms with Crippen molar-refractivity contribution in [3.05, 3.63) is 0 Å². The van der Waals surface area contributed by atoms with Crippen LogP contribution in [0, 0.1) is 5.92 Å². The Kier molecular flexibility index (Phi) is 5.08. The van der Waals surface area contributed by atoms with Crippen molar-refractivity contribution in [3.8, 4) is 0 Å². The fourth-order valence-corrected chi connectivity index (χ4v) is 3.70. The summed E-state index contributed by atoms with van der Waals surface area (Å²) in [5.74, 6) is -0.723. The van der Waals surface area contributed by atoms with Gasteiger partial charge < -0.3 is 15.2 Å². The molecule has 0 unspecified atom stereocenters. The number of carbonyl (C=O) groups excluding carboxylic acids is 1. The van der Waals surface area contributed by atoms with Gasteiger partial charge in [-0.2, -0.15) is 0 Å². The lowest BCUT2D eigenvalue weighted by Gasteiger charge is -2.23. The van der Waals surface area contributed by atoms with Crippen LogP contribution in [0.1, 0.15) is 47.0 Å². The summed E-state index contributed by atoms with van der Waals surface area (Å²) in [7, 11) is 0. The molecule has 1 rings (SSSR count). The molecule has 1 aliphatic rings. The topological polar surface area (TPSA) is 75.6 Å². The van der Waals surface area contributed by atoms with Crippen LogP contribution >= 0.6 is 22.6 Å². The van der Waals surface area contributed by atoms with Crippen molar-refractivity contribution in [2.24, 2.45) is 5.92 Å². The Morgan fingerprint density at radius 3 is 2.42 bits per heavy atom. The Balaban J connectivity index is 2.64. The van der Waals surface area contributed by atoms with Crippen LogP contribution < -0.4 is 5.32 Å². The zero-order valence-corrected chi connectivity index (χ0v) is 14.0. The second-order valence-corrected chi connectivity index (χ2v) is 7.98. The van der Waals surface area contributed by atoms with Gasteiger partial charge in [-0.1, -0.05) is 35.9 Å². The van der Waals surface area contributed by atoms with Crippen LogP contribution in [0.15, 0.2) is 0 Å². The van der Waals surface area contributed by atoms with E-state index in [1.165, 1.54) is 0 Å². The van der Waals surface area contributed by atoms with E-state index in [4.69, 9.17) is 4.74 Å². The van der Waals surface area contributed by atoms with Gasteiger partial charge in [0.25, 0.3) is 0 Å². The lowest BCUT2D eigenvalue weighted by molar-refractivity contribution is -0.140. The van der Waals surface area contributed by atoms with Gasteiger partial charge in [0, 0.05) is 6.04 Å². The number of halogens is 1. The molecule has 0 heterocycles. The van der Waals surface area contributed by atoms with E-state index in [0.717, 1.165) is 6.42 Å². The largest absolute Gasteiger partial charge is 0.480 e. The fraction of sp³-hybridized carbons (Fsp3) is 0.846. The van der Waals surface area contributed by atoms with Crippen molar-refractivity contribution in [2.45, 2.75) is 62.0 Å². The molecule has 0 aromatic rings. The minimum atomic E-state index is -0.798. The molecule has 1 amide bonds. The molecular weight excluding hydrogens is 361 g/mol. The summed E-state index contributed by atoms with van der Waals surface area (Å²) in [5.41, 5.74) is -0.541. The molecule has 3 atom stereocenters. The van der Waals surface area contributed by atoms with Gasteiger partial charge in [0.1, 0.15) is 9.02 Å². The molecule has 19 heavy (non-hydrogen) atoms. The third-order valence-corrected chi connectivity index (χ3v) is 5.11. The van der Waals surface area contributed by atoms with E-state index >= 15 is 0 Å². The van der Waals surface area contributed by atoms with Gasteiger partial charge in [-0.15, -0.1) is 0 Å². The van der Waals surface area contributed by atoms with Gasteiger partial charge in [0.15, 0.2) is 0 Å². The maximum atomic E-state index is 11.7. The van der Waals surface area contributed by atoms with Crippen molar-refractivity contribution < 1.29 is 19.4 Å². The number of carboxylic acids is 1. The Bertz CT molecular complexity index is 366. The molecule has 0 aromatic carbocycles. The number of hydrogen-bond donors (Lipinski definition) is 2. The third-order valence-electron chi connectivity index (χ3n) is 3.33. The highest BCUT2D eigenvalue weighted by atomic mass is 127. The second-order valence-electron chi connectivity index (χ2n) is 6.06. The number of rotatable bonds is 3. The summed E-state index contributed by atoms with van der Waals surface area (Å²) in [4.78, 5) is 23.1. The van der Waals surface area contributed by atoms with Gasteiger partial charge in [0.05, 0.1) is 0 Å². The Morgan fingerprint density at radius 1 is 1.47 bits per heavy atom. The number of carboxylic acid groups (broad SMARTS) is 1. The number of ether oxygens (including phenoxy) is 1. The van der Waals surface area contributed by atoms with Crippen LogP contribution in [0.25, 0.3) is 0 Å².